The van der Waals surface area contributed by atoms with E-state index in [1.165, 1.54) is 18.2 Å². The lowest BCUT2D eigenvalue weighted by Gasteiger charge is -2.03. The zero-order valence-corrected chi connectivity index (χ0v) is 7.21. The highest BCUT2D eigenvalue weighted by Gasteiger charge is 2.10. The molecule has 1 aromatic carbocycles. The second kappa shape index (κ2) is 4.20. The van der Waals surface area contributed by atoms with Crippen LogP contribution in [0.2, 0.25) is 5.02 Å². The van der Waals surface area contributed by atoms with Crippen molar-refractivity contribution in [1.29, 1.82) is 0 Å². The van der Waals surface area contributed by atoms with Crippen molar-refractivity contribution in [3.63, 3.8) is 0 Å². The van der Waals surface area contributed by atoms with Crippen molar-refractivity contribution in [1.82, 2.24) is 0 Å². The fourth-order valence-electron chi connectivity index (χ4n) is 0.718. The van der Waals surface area contributed by atoms with Gasteiger partial charge >= 0.3 is 5.97 Å². The zero-order valence-electron chi connectivity index (χ0n) is 6.46. The smallest absolute Gasteiger partial charge is 0.337 e. The maximum atomic E-state index is 13.0. The lowest BCUT2D eigenvalue weighted by Crippen LogP contribution is -2.13. The second-order valence-electron chi connectivity index (χ2n) is 2.18. The van der Waals surface area contributed by atoms with Crippen LogP contribution in [-0.4, -0.2) is 17.7 Å². The number of hydrogen-bond acceptors (Lipinski definition) is 3. The molecule has 0 bridgehead atoms. The largest absolute Gasteiger partial charge is 0.422 e. The van der Waals surface area contributed by atoms with Gasteiger partial charge in [0.25, 0.3) is 0 Å². The Labute approximate surface area is 78.7 Å². The summed E-state index contributed by atoms with van der Waals surface area (Å²) >= 11 is 5.41. The highest BCUT2D eigenvalue weighted by molar-refractivity contribution is 6.30. The number of esters is 1. The molecule has 1 aromatic rings. The Bertz CT molecular complexity index is 327. The minimum Gasteiger partial charge on any atom is -0.422 e. The molecule has 1 N–H and O–H groups in total. The van der Waals surface area contributed by atoms with E-state index in [0.29, 0.717) is 0 Å². The van der Waals surface area contributed by atoms with E-state index in [1.807, 2.05) is 0 Å². The van der Waals surface area contributed by atoms with Gasteiger partial charge in [0.1, 0.15) is 6.61 Å². The van der Waals surface area contributed by atoms with E-state index >= 15 is 0 Å². The minimum absolute atomic E-state index is 0.136. The van der Waals surface area contributed by atoms with Crippen LogP contribution in [0.5, 0.6) is 5.75 Å². The summed E-state index contributed by atoms with van der Waals surface area (Å²) in [4.78, 5) is 10.6. The lowest BCUT2D eigenvalue weighted by molar-refractivity contribution is -0.137. The third-order valence-electron chi connectivity index (χ3n) is 1.27. The summed E-state index contributed by atoms with van der Waals surface area (Å²) in [5.74, 6) is -2.03. The van der Waals surface area contributed by atoms with Gasteiger partial charge in [0.2, 0.25) is 0 Å². The van der Waals surface area contributed by atoms with Crippen molar-refractivity contribution in [2.45, 2.75) is 0 Å². The second-order valence-corrected chi connectivity index (χ2v) is 2.59. The number of ether oxygens (including phenoxy) is 1. The average molecular weight is 205 g/mol. The number of aliphatic hydroxyl groups is 1. The quantitative estimate of drug-likeness (QED) is 0.585. The fourth-order valence-corrected chi connectivity index (χ4v) is 0.884. The molecule has 0 aliphatic rings. The standard InChI is InChI=1S/C8H6ClFO3/c9-5-2-1-3-6(8(5)10)13-7(12)4-11/h1-3,11H,4H2. The molecule has 0 radical (unpaired) electrons. The number of hydrogen-bond donors (Lipinski definition) is 1. The van der Waals surface area contributed by atoms with E-state index in [-0.39, 0.29) is 10.8 Å². The molecule has 0 amide bonds. The SMILES string of the molecule is O=C(CO)Oc1cccc(Cl)c1F. The monoisotopic (exact) mass is 204 g/mol. The molecule has 0 saturated carbocycles. The van der Waals surface area contributed by atoms with E-state index in [4.69, 9.17) is 16.7 Å². The molecule has 0 heterocycles. The van der Waals surface area contributed by atoms with E-state index in [2.05, 4.69) is 4.74 Å². The molecule has 0 atom stereocenters. The summed E-state index contributed by atoms with van der Waals surface area (Å²) in [5.41, 5.74) is 0. The molecule has 0 spiro atoms. The predicted octanol–water partition coefficient (Wildman–Crippen LogP) is 1.38. The van der Waals surface area contributed by atoms with Crippen LogP contribution in [0.4, 0.5) is 4.39 Å². The number of benzene rings is 1. The van der Waals surface area contributed by atoms with Crippen molar-refractivity contribution in [2.75, 3.05) is 6.61 Å². The predicted molar refractivity (Wildman–Crippen MR) is 44.1 cm³/mol. The lowest BCUT2D eigenvalue weighted by atomic mass is 10.3. The normalized spacial score (nSPS) is 9.77. The Morgan fingerprint density at radius 1 is 1.62 bits per heavy atom. The van der Waals surface area contributed by atoms with Gasteiger partial charge in [0, 0.05) is 0 Å². The molecule has 0 unspecified atom stereocenters. The van der Waals surface area contributed by atoms with Crippen LogP contribution in [0.25, 0.3) is 0 Å². The summed E-state index contributed by atoms with van der Waals surface area (Å²) < 4.78 is 17.4. The van der Waals surface area contributed by atoms with E-state index in [0.717, 1.165) is 0 Å². The van der Waals surface area contributed by atoms with Crippen LogP contribution < -0.4 is 4.74 Å². The fraction of sp³-hybridized carbons (Fsp3) is 0.125. The van der Waals surface area contributed by atoms with Crippen LogP contribution in [0, 0.1) is 5.82 Å². The van der Waals surface area contributed by atoms with Gasteiger partial charge in [-0.1, -0.05) is 17.7 Å². The van der Waals surface area contributed by atoms with Crippen molar-refractivity contribution in [3.8, 4) is 5.75 Å². The number of carbonyl (C=O) groups is 1. The van der Waals surface area contributed by atoms with Gasteiger partial charge in [-0.3, -0.25) is 0 Å². The topological polar surface area (TPSA) is 46.5 Å². The van der Waals surface area contributed by atoms with Crippen molar-refractivity contribution in [3.05, 3.63) is 29.0 Å². The zero-order chi connectivity index (χ0) is 9.84. The minimum atomic E-state index is -0.929. The molecule has 13 heavy (non-hydrogen) atoms. The molecule has 0 aliphatic heterocycles. The van der Waals surface area contributed by atoms with E-state index < -0.39 is 18.4 Å². The average Bonchev–Trinajstić information content (AvgIpc) is 2.13. The molecular weight excluding hydrogens is 199 g/mol. The number of aliphatic hydroxyl groups excluding tert-OH is 1. The van der Waals surface area contributed by atoms with Gasteiger partial charge in [-0.15, -0.1) is 0 Å². The number of carbonyl (C=O) groups excluding carboxylic acids is 1. The van der Waals surface area contributed by atoms with Crippen LogP contribution in [0.1, 0.15) is 0 Å². The maximum absolute atomic E-state index is 13.0. The summed E-state index contributed by atoms with van der Waals surface area (Å²) in [6.45, 7) is -0.800. The van der Waals surface area contributed by atoms with Crippen LogP contribution in [0.15, 0.2) is 18.2 Å². The van der Waals surface area contributed by atoms with Crippen LogP contribution >= 0.6 is 11.6 Å². The van der Waals surface area contributed by atoms with Gasteiger partial charge in [0.05, 0.1) is 5.02 Å². The van der Waals surface area contributed by atoms with E-state index in [1.54, 1.807) is 0 Å². The van der Waals surface area contributed by atoms with Crippen molar-refractivity contribution >= 4 is 17.6 Å². The molecular formula is C8H6ClFO3. The summed E-state index contributed by atoms with van der Waals surface area (Å²) in [5, 5.41) is 8.19. The molecule has 0 fully saturated rings. The first kappa shape index (κ1) is 9.95. The van der Waals surface area contributed by atoms with Gasteiger partial charge in [0.15, 0.2) is 11.6 Å². The first-order valence-electron chi connectivity index (χ1n) is 3.40. The van der Waals surface area contributed by atoms with E-state index in [9.17, 15) is 9.18 Å². The van der Waals surface area contributed by atoms with Crippen LogP contribution in [0.3, 0.4) is 0 Å². The van der Waals surface area contributed by atoms with Crippen molar-refractivity contribution in [2.24, 2.45) is 0 Å². The third-order valence-corrected chi connectivity index (χ3v) is 1.56. The summed E-state index contributed by atoms with van der Waals surface area (Å²) in [7, 11) is 0. The molecule has 70 valence electrons. The Hall–Kier alpha value is -1.13. The van der Waals surface area contributed by atoms with Gasteiger partial charge < -0.3 is 9.84 Å². The molecule has 0 aromatic heterocycles. The molecule has 5 heteroatoms. The Morgan fingerprint density at radius 2 is 2.31 bits per heavy atom. The van der Waals surface area contributed by atoms with Gasteiger partial charge in [-0.05, 0) is 12.1 Å². The summed E-state index contributed by atoms with van der Waals surface area (Å²) in [6, 6.07) is 4.01. The summed E-state index contributed by atoms with van der Waals surface area (Å²) in [6.07, 6.45) is 0. The van der Waals surface area contributed by atoms with Gasteiger partial charge in [-0.2, -0.15) is 0 Å². The Morgan fingerprint density at radius 3 is 2.92 bits per heavy atom. The van der Waals surface area contributed by atoms with Gasteiger partial charge in [-0.25, -0.2) is 9.18 Å². The Balaban J connectivity index is 2.89. The molecule has 0 aliphatic carbocycles. The first-order valence-corrected chi connectivity index (χ1v) is 3.78. The third kappa shape index (κ3) is 2.40. The highest BCUT2D eigenvalue weighted by Crippen LogP contribution is 2.23. The number of halogens is 2. The molecule has 3 nitrogen and oxygen atoms in total. The Kier molecular flexibility index (Phi) is 3.22. The molecule has 0 saturated heterocycles. The molecule has 1 rings (SSSR count). The number of rotatable bonds is 2. The van der Waals surface area contributed by atoms with Crippen molar-refractivity contribution < 1.29 is 19.0 Å². The first-order chi connectivity index (χ1) is 6.15. The highest BCUT2D eigenvalue weighted by atomic mass is 35.5. The maximum Gasteiger partial charge on any atom is 0.337 e. The van der Waals surface area contributed by atoms with Crippen LogP contribution in [-0.2, 0) is 4.79 Å².